The average molecular weight is 547 g/mol. The molecule has 170 valence electrons. The van der Waals surface area contributed by atoms with Gasteiger partial charge in [0.2, 0.25) is 0 Å². The van der Waals surface area contributed by atoms with E-state index in [0.29, 0.717) is 12.5 Å². The summed E-state index contributed by atoms with van der Waals surface area (Å²) < 4.78 is 41.2. The zero-order valence-corrected chi connectivity index (χ0v) is 20.2. The standard InChI is InChI=1S/C22H28F3N5.HI/c1-3-26-20(30-10-7-16(14-30)17-12-28-29(2)13-17)27-15-21(8-9-21)18-5-4-6-19(11-18)22(23,24)25;/h4-6,11-13,16H,3,7-10,14-15H2,1-2H3,(H,26,27);1H. The Labute approximate surface area is 198 Å². The van der Waals surface area contributed by atoms with Crippen molar-refractivity contribution in [3.05, 3.63) is 53.3 Å². The highest BCUT2D eigenvalue weighted by molar-refractivity contribution is 14.0. The second kappa shape index (κ2) is 9.38. The molecule has 4 rings (SSSR count). The van der Waals surface area contributed by atoms with E-state index < -0.39 is 11.7 Å². The van der Waals surface area contributed by atoms with Crippen molar-refractivity contribution in [1.82, 2.24) is 20.0 Å². The van der Waals surface area contributed by atoms with Crippen molar-refractivity contribution in [2.45, 2.75) is 43.7 Å². The molecule has 1 aliphatic heterocycles. The number of guanidine groups is 1. The van der Waals surface area contributed by atoms with E-state index in [0.717, 1.165) is 56.5 Å². The lowest BCUT2D eigenvalue weighted by Crippen LogP contribution is -2.40. The average Bonchev–Trinajstić information content (AvgIpc) is 3.12. The Balaban J connectivity index is 0.00000272. The fourth-order valence-electron chi connectivity index (χ4n) is 4.24. The lowest BCUT2D eigenvalue weighted by molar-refractivity contribution is -0.137. The van der Waals surface area contributed by atoms with E-state index >= 15 is 0 Å². The van der Waals surface area contributed by atoms with Crippen LogP contribution in [-0.2, 0) is 18.6 Å². The van der Waals surface area contributed by atoms with Crippen molar-refractivity contribution in [3.8, 4) is 0 Å². The monoisotopic (exact) mass is 547 g/mol. The molecule has 1 unspecified atom stereocenters. The van der Waals surface area contributed by atoms with Gasteiger partial charge in [0.05, 0.1) is 18.3 Å². The molecule has 5 nitrogen and oxygen atoms in total. The summed E-state index contributed by atoms with van der Waals surface area (Å²) in [5, 5.41) is 7.64. The number of nitrogens with one attached hydrogen (secondary N) is 1. The summed E-state index contributed by atoms with van der Waals surface area (Å²) in [4.78, 5) is 7.11. The molecule has 1 aromatic carbocycles. The molecule has 1 saturated heterocycles. The molecule has 1 saturated carbocycles. The highest BCUT2D eigenvalue weighted by atomic mass is 127. The van der Waals surface area contributed by atoms with E-state index in [1.165, 1.54) is 17.7 Å². The van der Waals surface area contributed by atoms with Crippen LogP contribution in [-0.4, -0.2) is 46.8 Å². The van der Waals surface area contributed by atoms with E-state index in [1.807, 2.05) is 24.9 Å². The fraction of sp³-hybridized carbons (Fsp3) is 0.545. The largest absolute Gasteiger partial charge is 0.416 e. The Hall–Kier alpha value is -1.78. The summed E-state index contributed by atoms with van der Waals surface area (Å²) >= 11 is 0. The first-order valence-corrected chi connectivity index (χ1v) is 10.5. The van der Waals surface area contributed by atoms with Crippen molar-refractivity contribution < 1.29 is 13.2 Å². The normalized spacial score (nSPS) is 20.5. The Morgan fingerprint density at radius 2 is 2.10 bits per heavy atom. The first-order chi connectivity index (χ1) is 14.3. The van der Waals surface area contributed by atoms with Gasteiger partial charge in [-0.25, -0.2) is 0 Å². The van der Waals surface area contributed by atoms with Gasteiger partial charge < -0.3 is 10.2 Å². The molecule has 2 aliphatic rings. The highest BCUT2D eigenvalue weighted by Gasteiger charge is 2.45. The van der Waals surface area contributed by atoms with Crippen LogP contribution in [0, 0.1) is 0 Å². The lowest BCUT2D eigenvalue weighted by atomic mass is 9.94. The molecule has 0 spiro atoms. The third-order valence-corrected chi connectivity index (χ3v) is 6.21. The first kappa shape index (κ1) is 23.9. The minimum absolute atomic E-state index is 0. The van der Waals surface area contributed by atoms with Crippen molar-refractivity contribution in [2.24, 2.45) is 12.0 Å². The molecule has 0 amide bonds. The van der Waals surface area contributed by atoms with Gasteiger partial charge in [0, 0.05) is 44.2 Å². The summed E-state index contributed by atoms with van der Waals surface area (Å²) in [7, 11) is 1.92. The number of hydrogen-bond donors (Lipinski definition) is 1. The molecule has 0 radical (unpaired) electrons. The second-order valence-corrected chi connectivity index (χ2v) is 8.41. The van der Waals surface area contributed by atoms with Crippen LogP contribution >= 0.6 is 24.0 Å². The van der Waals surface area contributed by atoms with Crippen LogP contribution in [0.15, 0.2) is 41.7 Å². The minimum Gasteiger partial charge on any atom is -0.357 e. The molecule has 2 heterocycles. The zero-order chi connectivity index (χ0) is 21.4. The minimum atomic E-state index is -4.32. The number of likely N-dealkylation sites (tertiary alicyclic amines) is 1. The van der Waals surface area contributed by atoms with Gasteiger partial charge in [0.1, 0.15) is 0 Å². The first-order valence-electron chi connectivity index (χ1n) is 10.5. The molecule has 1 aliphatic carbocycles. The molecular weight excluding hydrogens is 518 g/mol. The molecule has 2 fully saturated rings. The third-order valence-electron chi connectivity index (χ3n) is 6.21. The zero-order valence-electron chi connectivity index (χ0n) is 17.8. The predicted molar refractivity (Wildman–Crippen MR) is 126 cm³/mol. The quantitative estimate of drug-likeness (QED) is 0.340. The van der Waals surface area contributed by atoms with Crippen LogP contribution in [0.5, 0.6) is 0 Å². The van der Waals surface area contributed by atoms with Gasteiger partial charge in [-0.2, -0.15) is 18.3 Å². The topological polar surface area (TPSA) is 45.5 Å². The maximum absolute atomic E-state index is 13.1. The van der Waals surface area contributed by atoms with Crippen molar-refractivity contribution >= 4 is 29.9 Å². The lowest BCUT2D eigenvalue weighted by Gasteiger charge is -2.23. The number of hydrogen-bond acceptors (Lipinski definition) is 2. The van der Waals surface area contributed by atoms with Crippen LogP contribution in [0.3, 0.4) is 0 Å². The van der Waals surface area contributed by atoms with E-state index in [9.17, 15) is 13.2 Å². The van der Waals surface area contributed by atoms with Crippen LogP contribution in [0.2, 0.25) is 0 Å². The molecule has 31 heavy (non-hydrogen) atoms. The summed E-state index contributed by atoms with van der Waals surface area (Å²) in [5.41, 5.74) is 1.12. The number of nitrogens with zero attached hydrogens (tertiary/aromatic N) is 4. The van der Waals surface area contributed by atoms with E-state index in [2.05, 4.69) is 21.5 Å². The van der Waals surface area contributed by atoms with E-state index in [4.69, 9.17) is 4.99 Å². The van der Waals surface area contributed by atoms with Crippen molar-refractivity contribution in [2.75, 3.05) is 26.2 Å². The number of benzene rings is 1. The number of halogens is 4. The smallest absolute Gasteiger partial charge is 0.357 e. The molecule has 9 heteroatoms. The third kappa shape index (κ3) is 5.35. The van der Waals surface area contributed by atoms with Crippen LogP contribution in [0.25, 0.3) is 0 Å². The van der Waals surface area contributed by atoms with E-state index in [-0.39, 0.29) is 29.4 Å². The fourth-order valence-corrected chi connectivity index (χ4v) is 4.24. The maximum atomic E-state index is 13.1. The summed E-state index contributed by atoms with van der Waals surface area (Å²) in [6.07, 6.45) is 2.44. The number of alkyl halides is 3. The summed E-state index contributed by atoms with van der Waals surface area (Å²) in [6.45, 7) is 5.06. The van der Waals surface area contributed by atoms with Gasteiger partial charge in [-0.3, -0.25) is 9.67 Å². The van der Waals surface area contributed by atoms with Crippen LogP contribution in [0.4, 0.5) is 13.2 Å². The predicted octanol–water partition coefficient (Wildman–Crippen LogP) is 4.54. The summed E-state index contributed by atoms with van der Waals surface area (Å²) in [5.74, 6) is 1.27. The van der Waals surface area contributed by atoms with Crippen molar-refractivity contribution in [3.63, 3.8) is 0 Å². The van der Waals surface area contributed by atoms with Crippen LogP contribution in [0.1, 0.15) is 48.8 Å². The van der Waals surface area contributed by atoms with Gasteiger partial charge in [-0.15, -0.1) is 24.0 Å². The number of aromatic nitrogens is 2. The molecule has 1 aromatic heterocycles. The van der Waals surface area contributed by atoms with Gasteiger partial charge in [-0.1, -0.05) is 18.2 Å². The van der Waals surface area contributed by atoms with Gasteiger partial charge >= 0.3 is 6.18 Å². The summed E-state index contributed by atoms with van der Waals surface area (Å²) in [6, 6.07) is 5.74. The SMILES string of the molecule is CCNC(=NCC1(c2cccc(C(F)(F)F)c2)CC1)N1CCC(c2cnn(C)c2)C1.I. The molecule has 1 atom stereocenters. The van der Waals surface area contributed by atoms with Gasteiger partial charge in [0.15, 0.2) is 5.96 Å². The number of aryl methyl sites for hydroxylation is 1. The molecule has 2 aromatic rings. The molecule has 1 N–H and O–H groups in total. The Kier molecular flexibility index (Phi) is 7.22. The van der Waals surface area contributed by atoms with Gasteiger partial charge in [0.25, 0.3) is 0 Å². The number of rotatable bonds is 5. The molecule has 0 bridgehead atoms. The maximum Gasteiger partial charge on any atom is 0.416 e. The Morgan fingerprint density at radius 3 is 2.71 bits per heavy atom. The van der Waals surface area contributed by atoms with Gasteiger partial charge in [-0.05, 0) is 43.4 Å². The van der Waals surface area contributed by atoms with E-state index in [1.54, 1.807) is 6.07 Å². The van der Waals surface area contributed by atoms with Crippen molar-refractivity contribution in [1.29, 1.82) is 0 Å². The molecular formula is C22H29F3IN5. The Bertz CT molecular complexity index is 920. The second-order valence-electron chi connectivity index (χ2n) is 8.41. The number of aliphatic imine (C=N–C) groups is 1. The van der Waals surface area contributed by atoms with Crippen LogP contribution < -0.4 is 5.32 Å². The highest BCUT2D eigenvalue weighted by Crippen LogP contribution is 2.49. The Morgan fingerprint density at radius 1 is 1.32 bits per heavy atom.